The summed E-state index contributed by atoms with van der Waals surface area (Å²) in [6.07, 6.45) is 6.42. The number of alkyl halides is 1. The van der Waals surface area contributed by atoms with E-state index < -0.39 is 0 Å². The van der Waals surface area contributed by atoms with Gasteiger partial charge in [-0.1, -0.05) is 53.3 Å². The molecule has 0 aromatic heterocycles. The fourth-order valence-electron chi connectivity index (χ4n) is 5.72. The second-order valence-corrected chi connectivity index (χ2v) is 11.2. The van der Waals surface area contributed by atoms with Crippen LogP contribution >= 0.6 is 11.6 Å². The molecule has 1 saturated carbocycles. The van der Waals surface area contributed by atoms with Gasteiger partial charge in [-0.3, -0.25) is 0 Å². The van der Waals surface area contributed by atoms with Gasteiger partial charge < -0.3 is 32.4 Å². The van der Waals surface area contributed by atoms with Crippen molar-refractivity contribution in [3.63, 3.8) is 0 Å². The van der Waals surface area contributed by atoms with Gasteiger partial charge in [0, 0.05) is 36.7 Å². The zero-order valence-corrected chi connectivity index (χ0v) is 21.2. The van der Waals surface area contributed by atoms with Crippen LogP contribution in [0.3, 0.4) is 0 Å². The molecule has 1 aliphatic heterocycles. The van der Waals surface area contributed by atoms with Gasteiger partial charge in [0.05, 0.1) is 0 Å². The van der Waals surface area contributed by atoms with Crippen LogP contribution in [0.2, 0.25) is 0 Å². The number of nitrogens with one attached hydrogen (secondary N) is 1. The van der Waals surface area contributed by atoms with E-state index in [1.54, 1.807) is 0 Å². The van der Waals surface area contributed by atoms with Gasteiger partial charge in [0.25, 0.3) is 0 Å². The van der Waals surface area contributed by atoms with Gasteiger partial charge in [-0.05, 0) is 73.4 Å². The fourth-order valence-corrected chi connectivity index (χ4v) is 5.97. The molecule has 1 aromatic rings. The van der Waals surface area contributed by atoms with Crippen LogP contribution in [-0.4, -0.2) is 52.4 Å². The van der Waals surface area contributed by atoms with Gasteiger partial charge in [0.15, 0.2) is 0 Å². The number of nitrogens with zero attached hydrogens (tertiary/aromatic N) is 1. The number of benzene rings is 1. The first-order valence-corrected chi connectivity index (χ1v) is 12.1. The van der Waals surface area contributed by atoms with Crippen LogP contribution < -0.4 is 11.1 Å². The Morgan fingerprint density at radius 2 is 1.67 bits per heavy atom. The highest BCUT2D eigenvalue weighted by molar-refractivity contribution is 6.20. The Balaban J connectivity index is 0. The van der Waals surface area contributed by atoms with Gasteiger partial charge in [-0.15, -0.1) is 11.6 Å². The average Bonchev–Trinajstić information content (AvgIpc) is 2.66. The molecule has 2 fully saturated rings. The Labute approximate surface area is 207 Å². The van der Waals surface area contributed by atoms with Crippen molar-refractivity contribution in [1.82, 2.24) is 10.2 Å². The molecule has 0 bridgehead atoms. The molecule has 1 aromatic carbocycles. The van der Waals surface area contributed by atoms with Gasteiger partial charge in [0.2, 0.25) is 0 Å². The number of rotatable bonds is 7. The number of anilines is 1. The minimum absolute atomic E-state index is 0. The molecular weight excluding hydrogens is 438 g/mol. The summed E-state index contributed by atoms with van der Waals surface area (Å²) >= 11 is 6.36. The van der Waals surface area contributed by atoms with Gasteiger partial charge >= 0.3 is 0 Å². The first-order chi connectivity index (χ1) is 13.8. The summed E-state index contributed by atoms with van der Waals surface area (Å²) < 4.78 is 0. The van der Waals surface area contributed by atoms with E-state index in [1.807, 2.05) is 12.1 Å². The van der Waals surface area contributed by atoms with Crippen LogP contribution in [0.25, 0.3) is 0 Å². The number of para-hydroxylation sites is 1. The predicted octanol–water partition coefficient (Wildman–Crippen LogP) is 3.69. The molecule has 33 heavy (non-hydrogen) atoms. The number of piperidine rings is 1. The summed E-state index contributed by atoms with van der Waals surface area (Å²) in [6.45, 7) is 14.1. The van der Waals surface area contributed by atoms with E-state index in [4.69, 9.17) is 17.3 Å². The first kappa shape index (κ1) is 34.3. The van der Waals surface area contributed by atoms with Gasteiger partial charge in [0.1, 0.15) is 0 Å². The molecule has 196 valence electrons. The molecule has 1 aliphatic carbocycles. The molecule has 0 unspecified atom stereocenters. The van der Waals surface area contributed by atoms with Crippen molar-refractivity contribution in [3.05, 3.63) is 29.8 Å². The summed E-state index contributed by atoms with van der Waals surface area (Å²) in [5.41, 5.74) is 8.61. The number of hydrogen-bond donors (Lipinski definition) is 2. The number of nitrogens with two attached hydrogens (primary N) is 1. The third kappa shape index (κ3) is 9.35. The predicted molar refractivity (Wildman–Crippen MR) is 144 cm³/mol. The Hall–Kier alpha value is -0.890. The van der Waals surface area contributed by atoms with Crippen LogP contribution in [0.15, 0.2) is 24.3 Å². The Morgan fingerprint density at radius 3 is 2.21 bits per heavy atom. The third-order valence-corrected chi connectivity index (χ3v) is 7.97. The zero-order chi connectivity index (χ0) is 21.0. The maximum atomic E-state index is 6.36. The molecule has 1 heterocycles. The van der Waals surface area contributed by atoms with Crippen LogP contribution in [0.5, 0.6) is 0 Å². The maximum Gasteiger partial charge on any atom is 0.0359 e. The quantitative estimate of drug-likeness (QED) is 0.446. The average molecular weight is 490 g/mol. The summed E-state index contributed by atoms with van der Waals surface area (Å²) in [5.74, 6) is 2.32. The lowest BCUT2D eigenvalue weighted by molar-refractivity contribution is 0.00476. The smallest absolute Gasteiger partial charge is 0.0359 e. The fraction of sp³-hybridized carbons (Fsp3) is 0.769. The molecule has 0 radical (unpaired) electrons. The van der Waals surface area contributed by atoms with E-state index in [1.165, 1.54) is 50.8 Å². The largest absolute Gasteiger partial charge is 0.412 e. The second kappa shape index (κ2) is 15.2. The molecule has 0 spiro atoms. The molecular formula is C26H52ClN3O3. The number of halogens is 1. The van der Waals surface area contributed by atoms with Crippen molar-refractivity contribution in [3.8, 4) is 0 Å². The van der Waals surface area contributed by atoms with Crippen LogP contribution in [0.1, 0.15) is 72.8 Å². The molecule has 2 aliphatic rings. The van der Waals surface area contributed by atoms with Gasteiger partial charge in [-0.2, -0.15) is 0 Å². The van der Waals surface area contributed by atoms with Crippen molar-refractivity contribution in [2.45, 2.75) is 85.2 Å². The molecule has 9 N–H and O–H groups in total. The monoisotopic (exact) mass is 489 g/mol. The zero-order valence-electron chi connectivity index (χ0n) is 20.5. The molecule has 1 saturated heterocycles. The Kier molecular flexibility index (Phi) is 15.8. The highest BCUT2D eigenvalue weighted by Gasteiger charge is 2.41. The molecule has 3 rings (SSSR count). The van der Waals surface area contributed by atoms with E-state index >= 15 is 0 Å². The normalized spacial score (nSPS) is 25.6. The van der Waals surface area contributed by atoms with Gasteiger partial charge in [-0.25, -0.2) is 0 Å². The minimum atomic E-state index is 0. The first-order valence-electron chi connectivity index (χ1n) is 11.7. The second-order valence-electron chi connectivity index (χ2n) is 10.6. The maximum absolute atomic E-state index is 6.36. The lowest BCUT2D eigenvalue weighted by Gasteiger charge is -2.49. The summed E-state index contributed by atoms with van der Waals surface area (Å²) in [5, 5.41) is 4.22. The summed E-state index contributed by atoms with van der Waals surface area (Å²) in [6, 6.07) is 8.68. The third-order valence-electron chi connectivity index (χ3n) is 7.53. The van der Waals surface area contributed by atoms with E-state index in [9.17, 15) is 0 Å². The minimum Gasteiger partial charge on any atom is -0.412 e. The Bertz CT molecular complexity index is 651. The van der Waals surface area contributed by atoms with E-state index in [0.29, 0.717) is 22.8 Å². The van der Waals surface area contributed by atoms with Crippen LogP contribution in [0, 0.1) is 23.2 Å². The highest BCUT2D eigenvalue weighted by Crippen LogP contribution is 2.45. The lowest BCUT2D eigenvalue weighted by atomic mass is 9.64. The number of nitrogen functional groups attached to an aromatic ring is 1. The molecule has 0 amide bonds. The highest BCUT2D eigenvalue weighted by atomic mass is 35.5. The van der Waals surface area contributed by atoms with Crippen molar-refractivity contribution in [1.29, 1.82) is 0 Å². The topological polar surface area (TPSA) is 136 Å². The lowest BCUT2D eigenvalue weighted by Crippen LogP contribution is -2.53. The van der Waals surface area contributed by atoms with E-state index in [-0.39, 0.29) is 23.9 Å². The van der Waals surface area contributed by atoms with Crippen LogP contribution in [-0.2, 0) is 6.54 Å². The molecule has 6 nitrogen and oxygen atoms in total. The van der Waals surface area contributed by atoms with Crippen LogP contribution in [0.4, 0.5) is 5.69 Å². The number of likely N-dealkylation sites (tertiary alicyclic amines) is 1. The molecule has 7 heteroatoms. The SMILES string of the molecule is C.CC(C)[C@H](CN1CC[C@H](C2CCC(Cl)CC2)C(C)(C)C1)NCc1ccccc1N.O.O.O. The van der Waals surface area contributed by atoms with E-state index in [0.717, 1.165) is 30.6 Å². The van der Waals surface area contributed by atoms with Crippen molar-refractivity contribution >= 4 is 17.3 Å². The standard InChI is InChI=1S/C25H42ClN3.CH4.3H2O/c1-18(2)24(28-15-20-7-5-6-8-23(20)27)16-29-14-13-22(25(3,4)17-29)19-9-11-21(26)12-10-19;;;;/h5-8,18-19,21-22,24,28H,9-17,27H2,1-4H3;1H4;3*1H2/t19?,21?,22-,24+;;;;/m1..../s1. The summed E-state index contributed by atoms with van der Waals surface area (Å²) in [4.78, 5) is 2.70. The number of hydrogen-bond acceptors (Lipinski definition) is 3. The van der Waals surface area contributed by atoms with E-state index in [2.05, 4.69) is 50.0 Å². The van der Waals surface area contributed by atoms with Crippen molar-refractivity contribution in [2.75, 3.05) is 25.4 Å². The summed E-state index contributed by atoms with van der Waals surface area (Å²) in [7, 11) is 0. The van der Waals surface area contributed by atoms with Crippen molar-refractivity contribution < 1.29 is 16.4 Å². The Morgan fingerprint density at radius 1 is 1.06 bits per heavy atom. The van der Waals surface area contributed by atoms with Crippen molar-refractivity contribution in [2.24, 2.45) is 23.2 Å². The molecule has 2 atom stereocenters.